The zero-order valence-electron chi connectivity index (χ0n) is 12.2. The monoisotopic (exact) mass is 307 g/mol. The maximum Gasteiger partial charge on any atom is 0.234 e. The van der Waals surface area contributed by atoms with E-state index >= 15 is 0 Å². The van der Waals surface area contributed by atoms with Gasteiger partial charge in [0.15, 0.2) is 0 Å². The zero-order chi connectivity index (χ0) is 15.3. The van der Waals surface area contributed by atoms with Crippen molar-refractivity contribution in [3.63, 3.8) is 0 Å². The minimum absolute atomic E-state index is 0.0158. The van der Waals surface area contributed by atoms with E-state index in [1.54, 1.807) is 0 Å². The SMILES string of the molecule is CC(C)N1CCC(N(CCO)S(=O)(=O)CC(N)=O)CC1. The van der Waals surface area contributed by atoms with E-state index in [4.69, 9.17) is 10.8 Å². The van der Waals surface area contributed by atoms with Gasteiger partial charge in [0.2, 0.25) is 15.9 Å². The number of sulfonamides is 1. The topological polar surface area (TPSA) is 104 Å². The Kier molecular flexibility index (Phi) is 6.38. The van der Waals surface area contributed by atoms with Crippen LogP contribution >= 0.6 is 0 Å². The van der Waals surface area contributed by atoms with Crippen molar-refractivity contribution in [2.45, 2.75) is 38.8 Å². The summed E-state index contributed by atoms with van der Waals surface area (Å²) in [5, 5.41) is 9.07. The summed E-state index contributed by atoms with van der Waals surface area (Å²) in [6.07, 6.45) is 1.41. The minimum atomic E-state index is -3.74. The third kappa shape index (κ3) is 4.69. The Labute approximate surface area is 120 Å². The van der Waals surface area contributed by atoms with Gasteiger partial charge in [0.05, 0.1) is 6.61 Å². The van der Waals surface area contributed by atoms with Crippen LogP contribution in [0.5, 0.6) is 0 Å². The van der Waals surface area contributed by atoms with Gasteiger partial charge in [0, 0.05) is 18.6 Å². The van der Waals surface area contributed by atoms with Gasteiger partial charge in [0.25, 0.3) is 0 Å². The second kappa shape index (κ2) is 7.35. The number of nitrogens with two attached hydrogens (primary N) is 1. The highest BCUT2D eigenvalue weighted by molar-refractivity contribution is 7.89. The van der Waals surface area contributed by atoms with Crippen LogP contribution in [0, 0.1) is 0 Å². The van der Waals surface area contributed by atoms with E-state index in [0.717, 1.165) is 13.1 Å². The van der Waals surface area contributed by atoms with Gasteiger partial charge in [-0.1, -0.05) is 0 Å². The number of nitrogens with zero attached hydrogens (tertiary/aromatic N) is 2. The number of hydrogen-bond donors (Lipinski definition) is 2. The first kappa shape index (κ1) is 17.4. The number of aliphatic hydroxyl groups excluding tert-OH is 1. The van der Waals surface area contributed by atoms with Crippen molar-refractivity contribution >= 4 is 15.9 Å². The molecule has 1 aliphatic heterocycles. The van der Waals surface area contributed by atoms with Crippen molar-refractivity contribution in [3.8, 4) is 0 Å². The number of amides is 1. The van der Waals surface area contributed by atoms with Crippen LogP contribution in [0.25, 0.3) is 0 Å². The molecule has 0 unspecified atom stereocenters. The molecule has 1 saturated heterocycles. The number of hydrogen-bond acceptors (Lipinski definition) is 5. The van der Waals surface area contributed by atoms with Crippen LogP contribution < -0.4 is 5.73 Å². The molecule has 0 aliphatic carbocycles. The predicted molar refractivity (Wildman–Crippen MR) is 76.5 cm³/mol. The Morgan fingerprint density at radius 3 is 2.35 bits per heavy atom. The van der Waals surface area contributed by atoms with Gasteiger partial charge in [-0.2, -0.15) is 4.31 Å². The van der Waals surface area contributed by atoms with Crippen molar-refractivity contribution < 1.29 is 18.3 Å². The molecule has 1 fully saturated rings. The normalized spacial score (nSPS) is 18.9. The molecular formula is C12H25N3O4S. The lowest BCUT2D eigenvalue weighted by Crippen LogP contribution is -2.51. The largest absolute Gasteiger partial charge is 0.395 e. The number of likely N-dealkylation sites (tertiary alicyclic amines) is 1. The highest BCUT2D eigenvalue weighted by Gasteiger charge is 2.33. The highest BCUT2D eigenvalue weighted by atomic mass is 32.2. The molecule has 0 bridgehead atoms. The van der Waals surface area contributed by atoms with Gasteiger partial charge in [-0.15, -0.1) is 0 Å². The molecular weight excluding hydrogens is 282 g/mol. The third-order valence-electron chi connectivity index (χ3n) is 3.64. The quantitative estimate of drug-likeness (QED) is 0.626. The molecule has 0 aromatic heterocycles. The molecule has 0 spiro atoms. The summed E-state index contributed by atoms with van der Waals surface area (Å²) < 4.78 is 25.5. The third-order valence-corrected chi connectivity index (χ3v) is 5.48. The first-order valence-corrected chi connectivity index (χ1v) is 8.51. The van der Waals surface area contributed by atoms with Crippen LogP contribution in [0.3, 0.4) is 0 Å². The van der Waals surface area contributed by atoms with E-state index in [-0.39, 0.29) is 19.2 Å². The number of carbonyl (C=O) groups excluding carboxylic acids is 1. The van der Waals surface area contributed by atoms with E-state index in [9.17, 15) is 13.2 Å². The first-order valence-electron chi connectivity index (χ1n) is 6.90. The molecule has 0 aromatic rings. The lowest BCUT2D eigenvalue weighted by Gasteiger charge is -2.39. The molecule has 7 nitrogen and oxygen atoms in total. The average Bonchev–Trinajstić information content (AvgIpc) is 2.34. The number of aliphatic hydroxyl groups is 1. The second-order valence-electron chi connectivity index (χ2n) is 5.42. The molecule has 20 heavy (non-hydrogen) atoms. The lowest BCUT2D eigenvalue weighted by atomic mass is 10.0. The van der Waals surface area contributed by atoms with Crippen LogP contribution in [-0.2, 0) is 14.8 Å². The second-order valence-corrected chi connectivity index (χ2v) is 7.34. The number of carbonyl (C=O) groups is 1. The highest BCUT2D eigenvalue weighted by Crippen LogP contribution is 2.21. The van der Waals surface area contributed by atoms with Gasteiger partial charge in [-0.25, -0.2) is 8.42 Å². The van der Waals surface area contributed by atoms with Gasteiger partial charge >= 0.3 is 0 Å². The van der Waals surface area contributed by atoms with Crippen LogP contribution in [0.2, 0.25) is 0 Å². The number of piperidine rings is 1. The van der Waals surface area contributed by atoms with E-state index in [1.807, 2.05) is 0 Å². The number of primary amides is 1. The molecule has 0 saturated carbocycles. The molecule has 118 valence electrons. The van der Waals surface area contributed by atoms with Crippen molar-refractivity contribution in [1.29, 1.82) is 0 Å². The Hall–Kier alpha value is -0.700. The van der Waals surface area contributed by atoms with E-state index < -0.39 is 21.7 Å². The van der Waals surface area contributed by atoms with E-state index in [1.165, 1.54) is 4.31 Å². The van der Waals surface area contributed by atoms with Crippen LogP contribution in [0.1, 0.15) is 26.7 Å². The Morgan fingerprint density at radius 1 is 1.40 bits per heavy atom. The molecule has 3 N–H and O–H groups in total. The molecule has 1 rings (SSSR count). The lowest BCUT2D eigenvalue weighted by molar-refractivity contribution is -0.115. The van der Waals surface area contributed by atoms with Gasteiger partial charge < -0.3 is 15.7 Å². The van der Waals surface area contributed by atoms with Crippen molar-refractivity contribution in [1.82, 2.24) is 9.21 Å². The molecule has 1 heterocycles. The van der Waals surface area contributed by atoms with Crippen LogP contribution in [-0.4, -0.2) is 72.7 Å². The Balaban J connectivity index is 2.75. The fourth-order valence-electron chi connectivity index (χ4n) is 2.60. The summed E-state index contributed by atoms with van der Waals surface area (Å²) in [5.41, 5.74) is 4.99. The molecule has 0 aromatic carbocycles. The Morgan fingerprint density at radius 2 is 1.95 bits per heavy atom. The fourth-order valence-corrected chi connectivity index (χ4v) is 4.15. The standard InChI is InChI=1S/C12H25N3O4S/c1-10(2)14-5-3-11(4-6-14)15(7-8-16)20(18,19)9-12(13)17/h10-11,16H,3-9H2,1-2H3,(H2,13,17). The first-order chi connectivity index (χ1) is 9.27. The summed E-state index contributed by atoms with van der Waals surface area (Å²) >= 11 is 0. The van der Waals surface area contributed by atoms with E-state index in [0.29, 0.717) is 18.9 Å². The molecule has 0 radical (unpaired) electrons. The zero-order valence-corrected chi connectivity index (χ0v) is 13.0. The maximum atomic E-state index is 12.1. The molecule has 8 heteroatoms. The summed E-state index contributed by atoms with van der Waals surface area (Å²) in [5.74, 6) is -1.57. The van der Waals surface area contributed by atoms with Gasteiger partial charge in [-0.3, -0.25) is 4.79 Å². The summed E-state index contributed by atoms with van der Waals surface area (Å²) in [4.78, 5) is 13.2. The van der Waals surface area contributed by atoms with Gasteiger partial charge in [-0.05, 0) is 39.8 Å². The summed E-state index contributed by atoms with van der Waals surface area (Å²) in [7, 11) is -3.74. The smallest absolute Gasteiger partial charge is 0.234 e. The summed E-state index contributed by atoms with van der Waals surface area (Å²) in [6, 6.07) is 0.269. The summed E-state index contributed by atoms with van der Waals surface area (Å²) in [6.45, 7) is 5.60. The predicted octanol–water partition coefficient (Wildman–Crippen LogP) is -1.03. The Bertz CT molecular complexity index is 416. The van der Waals surface area contributed by atoms with Crippen LogP contribution in [0.4, 0.5) is 0 Å². The average molecular weight is 307 g/mol. The fraction of sp³-hybridized carbons (Fsp3) is 0.917. The van der Waals surface area contributed by atoms with Crippen LogP contribution in [0.15, 0.2) is 0 Å². The minimum Gasteiger partial charge on any atom is -0.395 e. The van der Waals surface area contributed by atoms with Gasteiger partial charge in [0.1, 0.15) is 5.75 Å². The molecule has 1 amide bonds. The van der Waals surface area contributed by atoms with E-state index in [2.05, 4.69) is 18.7 Å². The van der Waals surface area contributed by atoms with Crippen molar-refractivity contribution in [2.24, 2.45) is 5.73 Å². The molecule has 0 atom stereocenters. The maximum absolute atomic E-state index is 12.1. The van der Waals surface area contributed by atoms with Crippen molar-refractivity contribution in [3.05, 3.63) is 0 Å². The molecule has 1 aliphatic rings. The van der Waals surface area contributed by atoms with Crippen molar-refractivity contribution in [2.75, 3.05) is 32.0 Å². The number of rotatable bonds is 7.